The zero-order valence-corrected chi connectivity index (χ0v) is 13.0. The number of aliphatic hydroxyl groups is 1. The molecule has 21 heavy (non-hydrogen) atoms. The van der Waals surface area contributed by atoms with E-state index >= 15 is 0 Å². The van der Waals surface area contributed by atoms with Crippen LogP contribution in [0.4, 0.5) is 5.69 Å². The zero-order valence-electron chi connectivity index (χ0n) is 13.0. The van der Waals surface area contributed by atoms with E-state index < -0.39 is 6.10 Å². The number of hydrogen-bond acceptors (Lipinski definition) is 5. The van der Waals surface area contributed by atoms with E-state index in [1.807, 2.05) is 12.1 Å². The van der Waals surface area contributed by atoms with Gasteiger partial charge in [0, 0.05) is 44.5 Å². The van der Waals surface area contributed by atoms with Crippen molar-refractivity contribution in [2.75, 3.05) is 45.1 Å². The molecular weight excluding hydrogens is 266 g/mol. The van der Waals surface area contributed by atoms with Crippen LogP contribution in [-0.4, -0.2) is 66.4 Å². The van der Waals surface area contributed by atoms with Crippen LogP contribution in [-0.2, 0) is 0 Å². The molecule has 1 saturated heterocycles. The van der Waals surface area contributed by atoms with Crippen molar-refractivity contribution in [2.45, 2.75) is 26.0 Å². The molecule has 3 N–H and O–H groups in total. The number of β-amino-alcohol motifs (C(OH)–C–C–N with tert-alkyl or cyclic N) is 1. The van der Waals surface area contributed by atoms with Gasteiger partial charge in [0.05, 0.1) is 0 Å². The summed E-state index contributed by atoms with van der Waals surface area (Å²) in [6.07, 6.45) is -0.465. The molecule has 1 aliphatic heterocycles. The standard InChI is InChI=1S/C16H27N3O2/c1-13(2)19-9-7-18(8-10-19)11-15(20)12-21-16-5-3-14(17)4-6-16/h3-6,13,15,20H,7-12,17H2,1-2H3. The van der Waals surface area contributed by atoms with E-state index in [0.717, 1.165) is 31.9 Å². The Morgan fingerprint density at radius 1 is 1.14 bits per heavy atom. The number of rotatable bonds is 6. The third-order valence-electron chi connectivity index (χ3n) is 3.93. The van der Waals surface area contributed by atoms with E-state index in [1.54, 1.807) is 12.1 Å². The molecule has 0 spiro atoms. The molecule has 0 aromatic heterocycles. The molecule has 1 aromatic carbocycles. The van der Waals surface area contributed by atoms with E-state index in [4.69, 9.17) is 10.5 Å². The fourth-order valence-electron chi connectivity index (χ4n) is 2.57. The Hall–Kier alpha value is -1.30. The number of piperazine rings is 1. The molecule has 5 nitrogen and oxygen atoms in total. The monoisotopic (exact) mass is 293 g/mol. The summed E-state index contributed by atoms with van der Waals surface area (Å²) in [5.74, 6) is 0.743. The molecule has 1 atom stereocenters. The molecule has 1 heterocycles. The molecule has 1 unspecified atom stereocenters. The number of anilines is 1. The fraction of sp³-hybridized carbons (Fsp3) is 0.625. The first-order valence-corrected chi connectivity index (χ1v) is 7.67. The fourth-order valence-corrected chi connectivity index (χ4v) is 2.57. The van der Waals surface area contributed by atoms with Gasteiger partial charge >= 0.3 is 0 Å². The van der Waals surface area contributed by atoms with E-state index in [0.29, 0.717) is 24.9 Å². The normalized spacial score (nSPS) is 18.9. The third kappa shape index (κ3) is 5.19. The molecule has 2 rings (SSSR count). The molecule has 1 aliphatic rings. The van der Waals surface area contributed by atoms with E-state index in [-0.39, 0.29) is 0 Å². The van der Waals surface area contributed by atoms with Gasteiger partial charge in [-0.15, -0.1) is 0 Å². The molecular formula is C16H27N3O2. The lowest BCUT2D eigenvalue weighted by atomic mass is 10.2. The highest BCUT2D eigenvalue weighted by atomic mass is 16.5. The van der Waals surface area contributed by atoms with Crippen LogP contribution in [0.3, 0.4) is 0 Å². The summed E-state index contributed by atoms with van der Waals surface area (Å²) in [4.78, 5) is 4.77. The third-order valence-corrected chi connectivity index (χ3v) is 3.93. The van der Waals surface area contributed by atoms with Crippen molar-refractivity contribution in [1.82, 2.24) is 9.80 Å². The van der Waals surface area contributed by atoms with Crippen LogP contribution in [0, 0.1) is 0 Å². The van der Waals surface area contributed by atoms with Crippen molar-refractivity contribution in [2.24, 2.45) is 0 Å². The molecule has 0 saturated carbocycles. The quantitative estimate of drug-likeness (QED) is 0.767. The number of aliphatic hydroxyl groups excluding tert-OH is 1. The van der Waals surface area contributed by atoms with Gasteiger partial charge in [0.25, 0.3) is 0 Å². The molecule has 0 aliphatic carbocycles. The number of benzene rings is 1. The van der Waals surface area contributed by atoms with Gasteiger partial charge in [-0.3, -0.25) is 9.80 Å². The number of nitrogens with two attached hydrogens (primary N) is 1. The lowest BCUT2D eigenvalue weighted by Gasteiger charge is -2.37. The molecule has 1 aromatic rings. The number of nitrogen functional groups attached to an aromatic ring is 1. The van der Waals surface area contributed by atoms with Gasteiger partial charge < -0.3 is 15.6 Å². The average Bonchev–Trinajstić information content (AvgIpc) is 2.47. The van der Waals surface area contributed by atoms with Crippen LogP contribution in [0.5, 0.6) is 5.75 Å². The van der Waals surface area contributed by atoms with Crippen LogP contribution in [0.1, 0.15) is 13.8 Å². The van der Waals surface area contributed by atoms with Crippen molar-refractivity contribution < 1.29 is 9.84 Å². The molecule has 0 radical (unpaired) electrons. The van der Waals surface area contributed by atoms with E-state index in [1.165, 1.54) is 0 Å². The Kier molecular flexibility index (Phi) is 5.85. The Morgan fingerprint density at radius 2 is 1.76 bits per heavy atom. The summed E-state index contributed by atoms with van der Waals surface area (Å²) in [5.41, 5.74) is 6.34. The van der Waals surface area contributed by atoms with Crippen molar-refractivity contribution in [1.29, 1.82) is 0 Å². The maximum Gasteiger partial charge on any atom is 0.119 e. The highest BCUT2D eigenvalue weighted by molar-refractivity contribution is 5.41. The highest BCUT2D eigenvalue weighted by Gasteiger charge is 2.20. The minimum atomic E-state index is -0.465. The topological polar surface area (TPSA) is 62.0 Å². The van der Waals surface area contributed by atoms with Gasteiger partial charge in [-0.2, -0.15) is 0 Å². The second-order valence-electron chi connectivity index (χ2n) is 5.96. The summed E-state index contributed by atoms with van der Waals surface area (Å²) in [5, 5.41) is 10.1. The first-order valence-electron chi connectivity index (χ1n) is 7.67. The van der Waals surface area contributed by atoms with Gasteiger partial charge in [0.1, 0.15) is 18.5 Å². The number of nitrogens with zero attached hydrogens (tertiary/aromatic N) is 2. The second-order valence-corrected chi connectivity index (χ2v) is 5.96. The SMILES string of the molecule is CC(C)N1CCN(CC(O)COc2ccc(N)cc2)CC1. The van der Waals surface area contributed by atoms with Crippen LogP contribution in [0.15, 0.2) is 24.3 Å². The van der Waals surface area contributed by atoms with Crippen LogP contribution in [0.25, 0.3) is 0 Å². The van der Waals surface area contributed by atoms with E-state index in [9.17, 15) is 5.11 Å². The minimum absolute atomic E-state index is 0.314. The van der Waals surface area contributed by atoms with Crippen molar-refractivity contribution in [3.63, 3.8) is 0 Å². The van der Waals surface area contributed by atoms with Gasteiger partial charge in [0.15, 0.2) is 0 Å². The minimum Gasteiger partial charge on any atom is -0.491 e. The smallest absolute Gasteiger partial charge is 0.119 e. The molecule has 118 valence electrons. The Morgan fingerprint density at radius 3 is 2.33 bits per heavy atom. The van der Waals surface area contributed by atoms with Gasteiger partial charge in [-0.1, -0.05) is 0 Å². The lowest BCUT2D eigenvalue weighted by Crippen LogP contribution is -2.51. The molecule has 0 amide bonds. The Bertz CT molecular complexity index is 414. The largest absolute Gasteiger partial charge is 0.491 e. The zero-order chi connectivity index (χ0) is 15.2. The number of ether oxygens (including phenoxy) is 1. The van der Waals surface area contributed by atoms with Crippen LogP contribution < -0.4 is 10.5 Å². The Labute approximate surface area is 127 Å². The summed E-state index contributed by atoms with van der Waals surface area (Å²) in [7, 11) is 0. The lowest BCUT2D eigenvalue weighted by molar-refractivity contribution is 0.0400. The average molecular weight is 293 g/mol. The predicted octanol–water partition coefficient (Wildman–Crippen LogP) is 1.03. The maximum absolute atomic E-state index is 10.1. The van der Waals surface area contributed by atoms with Gasteiger partial charge in [0.2, 0.25) is 0 Å². The first kappa shape index (κ1) is 16.1. The summed E-state index contributed by atoms with van der Waals surface area (Å²) in [6, 6.07) is 7.85. The second kappa shape index (κ2) is 7.64. The first-order chi connectivity index (χ1) is 10.0. The van der Waals surface area contributed by atoms with Gasteiger partial charge in [-0.25, -0.2) is 0 Å². The number of hydrogen-bond donors (Lipinski definition) is 2. The van der Waals surface area contributed by atoms with Crippen molar-refractivity contribution in [3.8, 4) is 5.75 Å². The predicted molar refractivity (Wildman–Crippen MR) is 85.5 cm³/mol. The molecule has 1 fully saturated rings. The van der Waals surface area contributed by atoms with Crippen LogP contribution in [0.2, 0.25) is 0 Å². The molecule has 0 bridgehead atoms. The highest BCUT2D eigenvalue weighted by Crippen LogP contribution is 2.13. The van der Waals surface area contributed by atoms with Crippen molar-refractivity contribution in [3.05, 3.63) is 24.3 Å². The summed E-state index contributed by atoms with van der Waals surface area (Å²) >= 11 is 0. The Balaban J connectivity index is 1.68. The van der Waals surface area contributed by atoms with Gasteiger partial charge in [-0.05, 0) is 38.1 Å². The molecule has 5 heteroatoms. The van der Waals surface area contributed by atoms with E-state index in [2.05, 4.69) is 23.6 Å². The van der Waals surface area contributed by atoms with Crippen LogP contribution >= 0.6 is 0 Å². The summed E-state index contributed by atoms with van der Waals surface area (Å²) < 4.78 is 5.58. The maximum atomic E-state index is 10.1. The summed E-state index contributed by atoms with van der Waals surface area (Å²) in [6.45, 7) is 9.60. The van der Waals surface area contributed by atoms with Crippen molar-refractivity contribution >= 4 is 5.69 Å².